The molecule has 17 heavy (non-hydrogen) atoms. The van der Waals surface area contributed by atoms with E-state index < -0.39 is 9.84 Å². The van der Waals surface area contributed by atoms with Crippen LogP contribution < -0.4 is 5.32 Å². The third-order valence-corrected chi connectivity index (χ3v) is 4.98. The second kappa shape index (κ2) is 5.06. The van der Waals surface area contributed by atoms with Gasteiger partial charge in [0.2, 0.25) is 0 Å². The molecule has 0 amide bonds. The molecule has 94 valence electrons. The van der Waals surface area contributed by atoms with Gasteiger partial charge in [0.15, 0.2) is 9.84 Å². The molecule has 1 aliphatic rings. The fourth-order valence-electron chi connectivity index (χ4n) is 2.19. The summed E-state index contributed by atoms with van der Waals surface area (Å²) >= 11 is 0. The van der Waals surface area contributed by atoms with Crippen LogP contribution in [0.4, 0.5) is 0 Å². The van der Waals surface area contributed by atoms with Crippen molar-refractivity contribution in [2.45, 2.75) is 17.7 Å². The summed E-state index contributed by atoms with van der Waals surface area (Å²) in [5.41, 5.74) is 0. The van der Waals surface area contributed by atoms with Crippen molar-refractivity contribution in [2.24, 2.45) is 5.92 Å². The van der Waals surface area contributed by atoms with E-state index in [1.165, 1.54) is 12.1 Å². The summed E-state index contributed by atoms with van der Waals surface area (Å²) in [6.45, 7) is 1.71. The number of rotatable bonds is 3. The molecular formula is C12H17NO3S. The molecular weight excluding hydrogens is 238 g/mol. The Kier molecular flexibility index (Phi) is 3.69. The molecule has 1 aromatic carbocycles. The number of piperidine rings is 1. The maximum absolute atomic E-state index is 12.1. The summed E-state index contributed by atoms with van der Waals surface area (Å²) in [7, 11) is -3.38. The molecule has 0 aromatic heterocycles. The number of nitrogens with one attached hydrogen (secondary N) is 1. The zero-order valence-corrected chi connectivity index (χ0v) is 10.4. The van der Waals surface area contributed by atoms with E-state index >= 15 is 0 Å². The van der Waals surface area contributed by atoms with Gasteiger partial charge in [-0.2, -0.15) is 0 Å². The number of hydrogen-bond acceptors (Lipinski definition) is 4. The second-order valence-electron chi connectivity index (χ2n) is 4.46. The zero-order chi connectivity index (χ0) is 12.3. The standard InChI is InChI=1S/C12H17NO3S/c14-11-5-1-2-6-12(11)17(15,16)9-10-4-3-7-13-8-10/h1-2,5-6,10,13-14H,3-4,7-9H2. The Morgan fingerprint density at radius 2 is 2.12 bits per heavy atom. The Balaban J connectivity index is 2.16. The number of phenols is 1. The van der Waals surface area contributed by atoms with Crippen molar-refractivity contribution < 1.29 is 13.5 Å². The van der Waals surface area contributed by atoms with Gasteiger partial charge in [0.25, 0.3) is 0 Å². The maximum Gasteiger partial charge on any atom is 0.182 e. The first-order valence-corrected chi connectivity index (χ1v) is 7.46. The highest BCUT2D eigenvalue weighted by molar-refractivity contribution is 7.91. The number of benzene rings is 1. The van der Waals surface area contributed by atoms with Crippen LogP contribution in [0.1, 0.15) is 12.8 Å². The van der Waals surface area contributed by atoms with Gasteiger partial charge in [0.05, 0.1) is 5.75 Å². The third kappa shape index (κ3) is 2.98. The van der Waals surface area contributed by atoms with E-state index in [4.69, 9.17) is 0 Å². The average molecular weight is 255 g/mol. The minimum absolute atomic E-state index is 0.0468. The van der Waals surface area contributed by atoms with Crippen LogP contribution >= 0.6 is 0 Å². The van der Waals surface area contributed by atoms with Crippen molar-refractivity contribution in [3.8, 4) is 5.75 Å². The summed E-state index contributed by atoms with van der Waals surface area (Å²) in [5, 5.41) is 12.8. The average Bonchev–Trinajstić information content (AvgIpc) is 2.30. The van der Waals surface area contributed by atoms with Gasteiger partial charge in [-0.15, -0.1) is 0 Å². The Morgan fingerprint density at radius 1 is 1.35 bits per heavy atom. The van der Waals surface area contributed by atoms with Crippen molar-refractivity contribution in [1.29, 1.82) is 0 Å². The van der Waals surface area contributed by atoms with Gasteiger partial charge in [0.1, 0.15) is 10.6 Å². The van der Waals surface area contributed by atoms with Gasteiger partial charge in [-0.25, -0.2) is 8.42 Å². The van der Waals surface area contributed by atoms with E-state index in [9.17, 15) is 13.5 Å². The summed E-state index contributed by atoms with van der Waals surface area (Å²) in [5.74, 6) is 0.0991. The third-order valence-electron chi connectivity index (χ3n) is 3.05. The lowest BCUT2D eigenvalue weighted by molar-refractivity contribution is 0.403. The molecule has 0 radical (unpaired) electrons. The minimum atomic E-state index is -3.38. The largest absolute Gasteiger partial charge is 0.507 e. The van der Waals surface area contributed by atoms with Crippen molar-refractivity contribution in [1.82, 2.24) is 5.32 Å². The molecule has 1 atom stereocenters. The summed E-state index contributed by atoms with van der Waals surface area (Å²) in [6, 6.07) is 6.12. The molecule has 1 aromatic rings. The van der Waals surface area contributed by atoms with Crippen LogP contribution in [0.25, 0.3) is 0 Å². The summed E-state index contributed by atoms with van der Waals surface area (Å²) in [4.78, 5) is 0.0468. The molecule has 1 heterocycles. The van der Waals surface area contributed by atoms with Gasteiger partial charge in [-0.3, -0.25) is 0 Å². The zero-order valence-electron chi connectivity index (χ0n) is 9.59. The van der Waals surface area contributed by atoms with Crippen LogP contribution in [-0.2, 0) is 9.84 Å². The molecule has 0 bridgehead atoms. The minimum Gasteiger partial charge on any atom is -0.507 e. The number of para-hydroxylation sites is 1. The summed E-state index contributed by atoms with van der Waals surface area (Å²) in [6.07, 6.45) is 1.95. The van der Waals surface area contributed by atoms with Gasteiger partial charge in [-0.1, -0.05) is 12.1 Å². The van der Waals surface area contributed by atoms with Crippen LogP contribution in [0, 0.1) is 5.92 Å². The predicted octanol–water partition coefficient (Wildman–Crippen LogP) is 1.17. The molecule has 0 spiro atoms. The smallest absolute Gasteiger partial charge is 0.182 e. The normalized spacial score (nSPS) is 21.3. The van der Waals surface area contributed by atoms with E-state index in [1.54, 1.807) is 12.1 Å². The predicted molar refractivity (Wildman–Crippen MR) is 65.8 cm³/mol. The van der Waals surface area contributed by atoms with Gasteiger partial charge >= 0.3 is 0 Å². The summed E-state index contributed by atoms with van der Waals surface area (Å²) < 4.78 is 24.3. The maximum atomic E-state index is 12.1. The quantitative estimate of drug-likeness (QED) is 0.850. The molecule has 2 N–H and O–H groups in total. The van der Waals surface area contributed by atoms with Crippen LogP contribution in [0.2, 0.25) is 0 Å². The fraction of sp³-hybridized carbons (Fsp3) is 0.500. The van der Waals surface area contributed by atoms with Crippen LogP contribution in [-0.4, -0.2) is 32.4 Å². The highest BCUT2D eigenvalue weighted by atomic mass is 32.2. The van der Waals surface area contributed by atoms with Gasteiger partial charge in [0, 0.05) is 0 Å². The van der Waals surface area contributed by atoms with E-state index in [2.05, 4.69) is 5.32 Å². The number of aromatic hydroxyl groups is 1. The Labute approximate surface area is 102 Å². The molecule has 0 saturated carbocycles. The molecule has 2 rings (SSSR count). The lowest BCUT2D eigenvalue weighted by Crippen LogP contribution is -2.33. The first-order valence-electron chi connectivity index (χ1n) is 5.81. The molecule has 1 aliphatic heterocycles. The fourth-order valence-corrected chi connectivity index (χ4v) is 3.94. The van der Waals surface area contributed by atoms with E-state index in [0.29, 0.717) is 0 Å². The first-order chi connectivity index (χ1) is 8.09. The Bertz CT molecular complexity index is 478. The number of hydrogen-bond donors (Lipinski definition) is 2. The van der Waals surface area contributed by atoms with Crippen molar-refractivity contribution in [3.05, 3.63) is 24.3 Å². The van der Waals surface area contributed by atoms with Crippen molar-refractivity contribution in [3.63, 3.8) is 0 Å². The molecule has 1 saturated heterocycles. The SMILES string of the molecule is O=S(=O)(CC1CCCNC1)c1ccccc1O. The van der Waals surface area contributed by atoms with Crippen molar-refractivity contribution in [2.75, 3.05) is 18.8 Å². The topological polar surface area (TPSA) is 66.4 Å². The monoisotopic (exact) mass is 255 g/mol. The molecule has 5 heteroatoms. The lowest BCUT2D eigenvalue weighted by Gasteiger charge is -2.22. The van der Waals surface area contributed by atoms with E-state index in [-0.39, 0.29) is 22.3 Å². The Morgan fingerprint density at radius 3 is 2.76 bits per heavy atom. The molecule has 4 nitrogen and oxygen atoms in total. The van der Waals surface area contributed by atoms with Crippen LogP contribution in [0.5, 0.6) is 5.75 Å². The number of phenolic OH excluding ortho intramolecular Hbond substituents is 1. The van der Waals surface area contributed by atoms with E-state index in [1.807, 2.05) is 0 Å². The molecule has 1 fully saturated rings. The van der Waals surface area contributed by atoms with E-state index in [0.717, 1.165) is 25.9 Å². The highest BCUT2D eigenvalue weighted by Gasteiger charge is 2.24. The Hall–Kier alpha value is -1.07. The van der Waals surface area contributed by atoms with Crippen molar-refractivity contribution >= 4 is 9.84 Å². The lowest BCUT2D eigenvalue weighted by atomic mass is 10.0. The second-order valence-corrected chi connectivity index (χ2v) is 6.46. The number of sulfone groups is 1. The molecule has 1 unspecified atom stereocenters. The first kappa shape index (κ1) is 12.4. The van der Waals surface area contributed by atoms with Gasteiger partial charge < -0.3 is 10.4 Å². The van der Waals surface area contributed by atoms with Crippen LogP contribution in [0.15, 0.2) is 29.2 Å². The van der Waals surface area contributed by atoms with Crippen LogP contribution in [0.3, 0.4) is 0 Å². The molecule has 0 aliphatic carbocycles. The highest BCUT2D eigenvalue weighted by Crippen LogP contribution is 2.25. The van der Waals surface area contributed by atoms with Gasteiger partial charge in [-0.05, 0) is 44.0 Å².